The molecule has 3 aliphatic rings. The van der Waals surface area contributed by atoms with Gasteiger partial charge in [0.15, 0.2) is 0 Å². The Labute approximate surface area is 143 Å². The third-order valence-electron chi connectivity index (χ3n) is 6.12. The molecule has 4 unspecified atom stereocenters. The van der Waals surface area contributed by atoms with Crippen molar-refractivity contribution < 1.29 is 19.6 Å². The summed E-state index contributed by atoms with van der Waals surface area (Å²) in [6.45, 7) is 1.75. The zero-order valence-corrected chi connectivity index (χ0v) is 13.6. The highest BCUT2D eigenvalue weighted by Crippen LogP contribution is 2.72. The lowest BCUT2D eigenvalue weighted by molar-refractivity contribution is -0.384. The number of anilines is 1. The predicted octanol–water partition coefficient (Wildman–Crippen LogP) is 2.75. The topological polar surface area (TPSA) is 110 Å². The van der Waals surface area contributed by atoms with E-state index in [4.69, 9.17) is 0 Å². The second-order valence-corrected chi connectivity index (χ2v) is 7.31. The second kappa shape index (κ2) is 5.15. The summed E-state index contributed by atoms with van der Waals surface area (Å²) < 4.78 is 0. The van der Waals surface area contributed by atoms with Crippen LogP contribution in [0.4, 0.5) is 11.4 Å². The molecule has 1 amide bonds. The number of allylic oxidation sites excluding steroid dienone is 2. The summed E-state index contributed by atoms with van der Waals surface area (Å²) in [5.41, 5.74) is 0.899. The Kier molecular flexibility index (Phi) is 3.25. The van der Waals surface area contributed by atoms with E-state index < -0.39 is 22.7 Å². The fourth-order valence-corrected chi connectivity index (χ4v) is 4.76. The van der Waals surface area contributed by atoms with Crippen LogP contribution in [0, 0.1) is 46.1 Å². The maximum absolute atomic E-state index is 12.9. The van der Waals surface area contributed by atoms with Crippen LogP contribution in [0.3, 0.4) is 0 Å². The Hall–Kier alpha value is -2.70. The van der Waals surface area contributed by atoms with Gasteiger partial charge in [-0.2, -0.15) is 0 Å². The number of benzene rings is 1. The summed E-state index contributed by atoms with van der Waals surface area (Å²) in [7, 11) is 0. The van der Waals surface area contributed by atoms with Gasteiger partial charge in [-0.1, -0.05) is 18.2 Å². The smallest absolute Gasteiger partial charge is 0.307 e. The third kappa shape index (κ3) is 2.18. The number of nitrogens with one attached hydrogen (secondary N) is 1. The van der Waals surface area contributed by atoms with Crippen molar-refractivity contribution in [1.82, 2.24) is 0 Å². The Morgan fingerprint density at radius 1 is 1.24 bits per heavy atom. The highest BCUT2D eigenvalue weighted by atomic mass is 16.6. The summed E-state index contributed by atoms with van der Waals surface area (Å²) >= 11 is 0. The zero-order chi connectivity index (χ0) is 17.9. The summed E-state index contributed by atoms with van der Waals surface area (Å²) in [4.78, 5) is 35.1. The van der Waals surface area contributed by atoms with E-state index in [0.717, 1.165) is 12.8 Å². The van der Waals surface area contributed by atoms with Gasteiger partial charge in [0.25, 0.3) is 5.69 Å². The van der Waals surface area contributed by atoms with E-state index in [2.05, 4.69) is 5.32 Å². The first-order valence-corrected chi connectivity index (χ1v) is 8.32. The van der Waals surface area contributed by atoms with Gasteiger partial charge in [0.2, 0.25) is 5.91 Å². The lowest BCUT2D eigenvalue weighted by Gasteiger charge is -2.24. The minimum absolute atomic E-state index is 0.0528. The SMILES string of the molecule is Cc1ccc([N+](=O)[O-])cc1NC(=O)C1C(C(=O)O)C2C=CC1C21CC1. The summed E-state index contributed by atoms with van der Waals surface area (Å²) in [6.07, 6.45) is 5.86. The van der Waals surface area contributed by atoms with Gasteiger partial charge in [-0.05, 0) is 42.6 Å². The molecule has 2 N–H and O–H groups in total. The molecular weight excluding hydrogens is 324 g/mol. The molecule has 3 aliphatic carbocycles. The number of nitrogens with zero attached hydrogens (tertiary/aromatic N) is 1. The number of nitro groups is 1. The van der Waals surface area contributed by atoms with Gasteiger partial charge >= 0.3 is 5.97 Å². The van der Waals surface area contributed by atoms with Crippen molar-refractivity contribution in [2.75, 3.05) is 5.32 Å². The lowest BCUT2D eigenvalue weighted by atomic mass is 9.82. The maximum Gasteiger partial charge on any atom is 0.307 e. The van der Waals surface area contributed by atoms with E-state index in [1.54, 1.807) is 13.0 Å². The first-order valence-electron chi connectivity index (χ1n) is 8.32. The summed E-state index contributed by atoms with van der Waals surface area (Å²) in [5, 5.41) is 23.3. The molecule has 2 bridgehead atoms. The first-order chi connectivity index (χ1) is 11.8. The number of carbonyl (C=O) groups is 2. The number of aliphatic carboxylic acids is 1. The van der Waals surface area contributed by atoms with Crippen LogP contribution in [0.15, 0.2) is 30.4 Å². The standard InChI is InChI=1S/C18H18N2O5/c1-9-2-3-10(20(24)25)8-13(9)19-16(21)14-11-4-5-12(15(14)17(22)23)18(11)6-7-18/h2-5,8,11-12,14-15H,6-7H2,1H3,(H,19,21)(H,22,23). The van der Waals surface area contributed by atoms with Gasteiger partial charge < -0.3 is 10.4 Å². The average molecular weight is 342 g/mol. The lowest BCUT2D eigenvalue weighted by Crippen LogP contribution is -2.36. The highest BCUT2D eigenvalue weighted by molar-refractivity contribution is 5.97. The number of nitro benzene ring substituents is 1. The van der Waals surface area contributed by atoms with E-state index in [-0.39, 0.29) is 28.8 Å². The zero-order valence-electron chi connectivity index (χ0n) is 13.6. The molecule has 1 spiro atoms. The minimum Gasteiger partial charge on any atom is -0.481 e. The molecule has 0 saturated heterocycles. The molecular formula is C18H18N2O5. The van der Waals surface area contributed by atoms with Crippen LogP contribution in [0.2, 0.25) is 0 Å². The van der Waals surface area contributed by atoms with Crippen LogP contribution in [0.1, 0.15) is 18.4 Å². The van der Waals surface area contributed by atoms with Gasteiger partial charge in [0, 0.05) is 12.1 Å². The largest absolute Gasteiger partial charge is 0.481 e. The maximum atomic E-state index is 12.9. The van der Waals surface area contributed by atoms with Gasteiger partial charge in [-0.15, -0.1) is 0 Å². The van der Waals surface area contributed by atoms with Gasteiger partial charge in [0.05, 0.1) is 22.4 Å². The second-order valence-electron chi connectivity index (χ2n) is 7.31. The van der Waals surface area contributed by atoms with Crippen LogP contribution >= 0.6 is 0 Å². The summed E-state index contributed by atoms with van der Waals surface area (Å²) in [5.74, 6) is -2.81. The quantitative estimate of drug-likeness (QED) is 0.497. The van der Waals surface area contributed by atoms with Crippen LogP contribution in [-0.4, -0.2) is 21.9 Å². The Bertz CT molecular complexity index is 827. The number of non-ortho nitro benzene ring substituents is 1. The number of carboxylic acids is 1. The molecule has 1 aromatic rings. The Balaban J connectivity index is 1.63. The van der Waals surface area contributed by atoms with Gasteiger partial charge in [-0.25, -0.2) is 0 Å². The number of hydrogen-bond acceptors (Lipinski definition) is 4. The van der Waals surface area contributed by atoms with Crippen molar-refractivity contribution in [3.05, 3.63) is 46.0 Å². The number of carboxylic acid groups (broad SMARTS) is 1. The normalized spacial score (nSPS) is 30.4. The molecule has 25 heavy (non-hydrogen) atoms. The van der Waals surface area contributed by atoms with E-state index in [1.165, 1.54) is 12.1 Å². The number of hydrogen-bond donors (Lipinski definition) is 2. The fraction of sp³-hybridized carbons (Fsp3) is 0.444. The molecule has 7 heteroatoms. The van der Waals surface area contributed by atoms with E-state index in [0.29, 0.717) is 11.3 Å². The third-order valence-corrected chi connectivity index (χ3v) is 6.12. The Morgan fingerprint density at radius 3 is 2.44 bits per heavy atom. The highest BCUT2D eigenvalue weighted by Gasteiger charge is 2.70. The van der Waals surface area contributed by atoms with Crippen molar-refractivity contribution in [3.63, 3.8) is 0 Å². The van der Waals surface area contributed by atoms with E-state index >= 15 is 0 Å². The molecule has 1 aromatic carbocycles. The molecule has 2 fully saturated rings. The van der Waals surface area contributed by atoms with E-state index in [9.17, 15) is 24.8 Å². The molecule has 4 rings (SSSR count). The van der Waals surface area contributed by atoms with Crippen molar-refractivity contribution in [1.29, 1.82) is 0 Å². The molecule has 0 aliphatic heterocycles. The molecule has 0 aromatic heterocycles. The summed E-state index contributed by atoms with van der Waals surface area (Å²) in [6, 6.07) is 4.27. The van der Waals surface area contributed by atoms with E-state index in [1.807, 2.05) is 12.2 Å². The predicted molar refractivity (Wildman–Crippen MR) is 88.9 cm³/mol. The number of rotatable bonds is 4. The molecule has 130 valence electrons. The van der Waals surface area contributed by atoms with Crippen LogP contribution < -0.4 is 5.32 Å². The number of carbonyl (C=O) groups excluding carboxylic acids is 1. The van der Waals surface area contributed by atoms with Crippen molar-refractivity contribution >= 4 is 23.3 Å². The monoisotopic (exact) mass is 342 g/mol. The van der Waals surface area contributed by atoms with Crippen LogP contribution in [-0.2, 0) is 9.59 Å². The molecule has 2 saturated carbocycles. The molecule has 7 nitrogen and oxygen atoms in total. The molecule has 0 radical (unpaired) electrons. The van der Waals surface area contributed by atoms with Gasteiger partial charge in [0.1, 0.15) is 0 Å². The first kappa shape index (κ1) is 15.8. The minimum atomic E-state index is -0.945. The van der Waals surface area contributed by atoms with Crippen LogP contribution in [0.5, 0.6) is 0 Å². The van der Waals surface area contributed by atoms with Crippen molar-refractivity contribution in [3.8, 4) is 0 Å². The number of aryl methyl sites for hydroxylation is 1. The average Bonchev–Trinajstić information content (AvgIpc) is 3.22. The Morgan fingerprint density at radius 2 is 1.88 bits per heavy atom. The molecule has 0 heterocycles. The van der Waals surface area contributed by atoms with Crippen molar-refractivity contribution in [2.45, 2.75) is 19.8 Å². The number of amides is 1. The molecule has 4 atom stereocenters. The fourth-order valence-electron chi connectivity index (χ4n) is 4.76. The van der Waals surface area contributed by atoms with Crippen LogP contribution in [0.25, 0.3) is 0 Å². The van der Waals surface area contributed by atoms with Gasteiger partial charge in [-0.3, -0.25) is 19.7 Å². The van der Waals surface area contributed by atoms with Crippen molar-refractivity contribution in [2.24, 2.45) is 29.1 Å².